The minimum Gasteiger partial charge on any atom is -0.508 e. The van der Waals surface area contributed by atoms with Crippen LogP contribution in [0.1, 0.15) is 16.7 Å². The third-order valence-corrected chi connectivity index (χ3v) is 7.22. The van der Waals surface area contributed by atoms with Crippen molar-refractivity contribution in [2.24, 2.45) is 0 Å². The highest BCUT2D eigenvalue weighted by Crippen LogP contribution is 2.54. The van der Waals surface area contributed by atoms with Gasteiger partial charge in [0.05, 0.1) is 10.0 Å². The van der Waals surface area contributed by atoms with E-state index in [1.807, 2.05) is 0 Å². The first-order valence-electron chi connectivity index (χ1n) is 7.90. The molecule has 3 rings (SSSR count). The van der Waals surface area contributed by atoms with Crippen LogP contribution in [0, 0.1) is 0 Å². The van der Waals surface area contributed by atoms with E-state index in [2.05, 4.69) is 0 Å². The van der Waals surface area contributed by atoms with Crippen molar-refractivity contribution < 1.29 is 23.2 Å². The quantitative estimate of drug-likeness (QED) is 0.239. The summed E-state index contributed by atoms with van der Waals surface area (Å²) in [6.45, 7) is 0. The number of hydrogen-bond acceptors (Lipinski definition) is 4. The van der Waals surface area contributed by atoms with E-state index in [1.165, 1.54) is 36.4 Å². The minimum absolute atomic E-state index is 0.0191. The largest absolute Gasteiger partial charge is 0.508 e. The molecule has 5 nitrogen and oxygen atoms in total. The molecule has 0 radical (unpaired) electrons. The summed E-state index contributed by atoms with van der Waals surface area (Å²) >= 11 is 24.6. The van der Waals surface area contributed by atoms with E-state index in [0.29, 0.717) is 0 Å². The standard InChI is InChI=1S/C19H12Cl4O5S/c20-11-6-7-12(14(24)8-11)19(29(26,27)28,10-4-2-1-3-5-10)16-13(21)9-15(25)17(22)18(16)23/h1-9,24-25H,(H,26,27,28). The van der Waals surface area contributed by atoms with Crippen LogP contribution in [0.5, 0.6) is 11.5 Å². The highest BCUT2D eigenvalue weighted by atomic mass is 35.5. The average Bonchev–Trinajstić information content (AvgIpc) is 2.64. The highest BCUT2D eigenvalue weighted by molar-refractivity contribution is 7.87. The van der Waals surface area contributed by atoms with E-state index in [-0.39, 0.29) is 31.8 Å². The first-order chi connectivity index (χ1) is 13.5. The molecule has 10 heteroatoms. The monoisotopic (exact) mass is 492 g/mol. The van der Waals surface area contributed by atoms with Crippen LogP contribution in [0.15, 0.2) is 54.6 Å². The van der Waals surface area contributed by atoms with Gasteiger partial charge in [-0.05, 0) is 17.7 Å². The van der Waals surface area contributed by atoms with Gasteiger partial charge in [-0.3, -0.25) is 4.55 Å². The van der Waals surface area contributed by atoms with Gasteiger partial charge in [0.1, 0.15) is 16.5 Å². The van der Waals surface area contributed by atoms with Crippen molar-refractivity contribution in [3.05, 3.63) is 91.4 Å². The molecule has 3 N–H and O–H groups in total. The Kier molecular flexibility index (Phi) is 5.98. The molecule has 0 aromatic heterocycles. The van der Waals surface area contributed by atoms with Crippen LogP contribution in [0.4, 0.5) is 0 Å². The van der Waals surface area contributed by atoms with Crippen molar-refractivity contribution in [2.75, 3.05) is 0 Å². The van der Waals surface area contributed by atoms with Gasteiger partial charge in [0, 0.05) is 22.2 Å². The SMILES string of the molecule is O=S(=O)(O)C(c1ccccc1)(c1ccc(Cl)cc1O)c1c(Cl)cc(O)c(Cl)c1Cl. The fraction of sp³-hybridized carbons (Fsp3) is 0.0526. The Labute approximate surface area is 186 Å². The Hall–Kier alpha value is -1.67. The maximum absolute atomic E-state index is 13.0. The zero-order chi connectivity index (χ0) is 21.6. The van der Waals surface area contributed by atoms with Crippen LogP contribution in [0.3, 0.4) is 0 Å². The minimum atomic E-state index is -5.11. The van der Waals surface area contributed by atoms with Gasteiger partial charge in [-0.2, -0.15) is 8.42 Å². The van der Waals surface area contributed by atoms with Gasteiger partial charge in [0.25, 0.3) is 10.1 Å². The van der Waals surface area contributed by atoms with Crippen molar-refractivity contribution in [1.82, 2.24) is 0 Å². The van der Waals surface area contributed by atoms with Gasteiger partial charge >= 0.3 is 0 Å². The van der Waals surface area contributed by atoms with E-state index in [1.54, 1.807) is 6.07 Å². The Morgan fingerprint density at radius 3 is 1.97 bits per heavy atom. The summed E-state index contributed by atoms with van der Waals surface area (Å²) in [5.41, 5.74) is -0.582. The number of phenols is 2. The maximum Gasteiger partial charge on any atom is 0.283 e. The zero-order valence-electron chi connectivity index (χ0n) is 14.3. The number of halogens is 4. The molecule has 0 amide bonds. The molecule has 1 unspecified atom stereocenters. The Balaban J connectivity index is 2.65. The molecule has 0 bridgehead atoms. The van der Waals surface area contributed by atoms with Crippen molar-refractivity contribution in [3.63, 3.8) is 0 Å². The smallest absolute Gasteiger partial charge is 0.283 e. The van der Waals surface area contributed by atoms with Gasteiger partial charge < -0.3 is 10.2 Å². The molecule has 0 saturated carbocycles. The lowest BCUT2D eigenvalue weighted by Crippen LogP contribution is -2.39. The maximum atomic E-state index is 13.0. The van der Waals surface area contributed by atoms with E-state index in [0.717, 1.165) is 12.1 Å². The summed E-state index contributed by atoms with van der Waals surface area (Å²) in [7, 11) is -5.11. The molecule has 0 fully saturated rings. The molecule has 0 aliphatic carbocycles. The number of rotatable bonds is 4. The molecule has 3 aromatic carbocycles. The summed E-state index contributed by atoms with van der Waals surface area (Å²) in [5, 5.41) is 19.6. The molecule has 0 heterocycles. The molecule has 0 aliphatic rings. The van der Waals surface area contributed by atoms with Gasteiger partial charge in [-0.25, -0.2) is 0 Å². The third-order valence-electron chi connectivity index (χ3n) is 4.40. The normalized spacial score (nSPS) is 13.8. The van der Waals surface area contributed by atoms with Crippen LogP contribution < -0.4 is 0 Å². The first kappa shape index (κ1) is 22.0. The van der Waals surface area contributed by atoms with Gasteiger partial charge in [0.2, 0.25) is 0 Å². The Morgan fingerprint density at radius 2 is 1.41 bits per heavy atom. The number of phenolic OH excluding ortho intramolecular Hbond substituents is 2. The van der Waals surface area contributed by atoms with Crippen molar-refractivity contribution in [1.29, 1.82) is 0 Å². The lowest BCUT2D eigenvalue weighted by Gasteiger charge is -2.34. The lowest BCUT2D eigenvalue weighted by atomic mass is 9.83. The Bertz CT molecular complexity index is 1200. The number of aromatic hydroxyl groups is 2. The fourth-order valence-corrected chi connectivity index (χ4v) is 5.74. The van der Waals surface area contributed by atoms with Gasteiger partial charge in [0.15, 0.2) is 4.75 Å². The van der Waals surface area contributed by atoms with E-state index >= 15 is 0 Å². The van der Waals surface area contributed by atoms with Crippen molar-refractivity contribution >= 4 is 56.5 Å². The van der Waals surface area contributed by atoms with Gasteiger partial charge in [-0.1, -0.05) is 82.8 Å². The molecular formula is C19H12Cl4O5S. The molecule has 0 aliphatic heterocycles. The predicted octanol–water partition coefficient (Wildman–Crippen LogP) is 5.89. The second-order valence-corrected chi connectivity index (χ2v) is 9.23. The highest BCUT2D eigenvalue weighted by Gasteiger charge is 2.52. The summed E-state index contributed by atoms with van der Waals surface area (Å²) in [6, 6.07) is 12.2. The predicted molar refractivity (Wildman–Crippen MR) is 114 cm³/mol. The first-order valence-corrected chi connectivity index (χ1v) is 10.9. The summed E-state index contributed by atoms with van der Waals surface area (Å²) in [4.78, 5) is 0. The molecule has 29 heavy (non-hydrogen) atoms. The average molecular weight is 494 g/mol. The van der Waals surface area contributed by atoms with Crippen LogP contribution >= 0.6 is 46.4 Å². The molecule has 0 saturated heterocycles. The molecular weight excluding hydrogens is 482 g/mol. The lowest BCUT2D eigenvalue weighted by molar-refractivity contribution is 0.440. The van der Waals surface area contributed by atoms with E-state index in [4.69, 9.17) is 46.4 Å². The van der Waals surface area contributed by atoms with Crippen LogP contribution in [-0.2, 0) is 14.9 Å². The van der Waals surface area contributed by atoms with E-state index in [9.17, 15) is 23.2 Å². The third kappa shape index (κ3) is 3.54. The van der Waals surface area contributed by atoms with Crippen LogP contribution in [0.25, 0.3) is 0 Å². The summed E-state index contributed by atoms with van der Waals surface area (Å²) in [6.07, 6.45) is 0. The van der Waals surface area contributed by atoms with Crippen molar-refractivity contribution in [2.45, 2.75) is 4.75 Å². The number of hydrogen-bond donors (Lipinski definition) is 3. The molecule has 3 aromatic rings. The molecule has 0 spiro atoms. The fourth-order valence-electron chi connectivity index (χ4n) is 3.23. The second-order valence-electron chi connectivity index (χ2n) is 6.06. The Morgan fingerprint density at radius 1 is 0.793 bits per heavy atom. The summed E-state index contributed by atoms with van der Waals surface area (Å²) in [5.74, 6) is -1.02. The second kappa shape index (κ2) is 7.87. The molecule has 1 atom stereocenters. The van der Waals surface area contributed by atoms with Crippen molar-refractivity contribution in [3.8, 4) is 11.5 Å². The topological polar surface area (TPSA) is 94.8 Å². The van der Waals surface area contributed by atoms with Gasteiger partial charge in [-0.15, -0.1) is 0 Å². The summed E-state index contributed by atoms with van der Waals surface area (Å²) < 4.78 is 34.0. The number of benzene rings is 3. The van der Waals surface area contributed by atoms with Crippen LogP contribution in [-0.4, -0.2) is 23.2 Å². The van der Waals surface area contributed by atoms with E-state index < -0.39 is 31.4 Å². The molecule has 152 valence electrons. The van der Waals surface area contributed by atoms with Crippen LogP contribution in [0.2, 0.25) is 20.1 Å². The zero-order valence-corrected chi connectivity index (χ0v) is 18.1.